The smallest absolute Gasteiger partial charge is 0.227 e. The van der Waals surface area contributed by atoms with Crippen LogP contribution in [-0.4, -0.2) is 5.91 Å². The lowest BCUT2D eigenvalue weighted by Crippen LogP contribution is -2.20. The van der Waals surface area contributed by atoms with Crippen LogP contribution in [0.25, 0.3) is 0 Å². The van der Waals surface area contributed by atoms with Gasteiger partial charge in [0.1, 0.15) is 0 Å². The number of aryl methyl sites for hydroxylation is 2. The Balaban J connectivity index is 2.12. The number of nitrogens with two attached hydrogens (primary N) is 1. The van der Waals surface area contributed by atoms with Crippen molar-refractivity contribution < 1.29 is 4.79 Å². The minimum Gasteiger partial charge on any atom is -0.398 e. The van der Waals surface area contributed by atoms with E-state index in [9.17, 15) is 4.79 Å². The van der Waals surface area contributed by atoms with Crippen molar-refractivity contribution in [3.63, 3.8) is 0 Å². The average Bonchev–Trinajstić information content (AvgIpc) is 2.79. The van der Waals surface area contributed by atoms with Crippen molar-refractivity contribution in [2.24, 2.45) is 5.92 Å². The summed E-state index contributed by atoms with van der Waals surface area (Å²) in [7, 11) is 0. The van der Waals surface area contributed by atoms with Crippen molar-refractivity contribution >= 4 is 17.3 Å². The highest BCUT2D eigenvalue weighted by molar-refractivity contribution is 5.94. The SMILES string of the molecule is Cc1cc(C)c(NC(=O)C2CCCC2)cc1N. The van der Waals surface area contributed by atoms with Crippen LogP contribution < -0.4 is 11.1 Å². The van der Waals surface area contributed by atoms with Crippen LogP contribution in [0, 0.1) is 19.8 Å². The Kier molecular flexibility index (Phi) is 3.36. The first kappa shape index (κ1) is 12.0. The third-order valence-electron chi connectivity index (χ3n) is 3.60. The molecule has 1 aliphatic rings. The fourth-order valence-corrected chi connectivity index (χ4v) is 2.43. The molecule has 1 fully saturated rings. The molecular formula is C14H20N2O. The van der Waals surface area contributed by atoms with Crippen LogP contribution in [0.2, 0.25) is 0 Å². The minimum atomic E-state index is 0.147. The second-order valence-electron chi connectivity index (χ2n) is 4.99. The van der Waals surface area contributed by atoms with E-state index in [1.54, 1.807) is 0 Å². The maximum Gasteiger partial charge on any atom is 0.227 e. The number of rotatable bonds is 2. The van der Waals surface area contributed by atoms with E-state index in [2.05, 4.69) is 5.32 Å². The number of hydrogen-bond acceptors (Lipinski definition) is 2. The van der Waals surface area contributed by atoms with Gasteiger partial charge in [0.05, 0.1) is 0 Å². The molecule has 2 rings (SSSR count). The molecule has 1 saturated carbocycles. The molecule has 1 amide bonds. The van der Waals surface area contributed by atoms with Gasteiger partial charge in [-0.3, -0.25) is 4.79 Å². The zero-order valence-corrected chi connectivity index (χ0v) is 10.5. The number of nitrogens with one attached hydrogen (secondary N) is 1. The summed E-state index contributed by atoms with van der Waals surface area (Å²) in [6.45, 7) is 3.97. The number of benzene rings is 1. The van der Waals surface area contributed by atoms with Gasteiger partial charge < -0.3 is 11.1 Å². The van der Waals surface area contributed by atoms with Crippen molar-refractivity contribution in [1.29, 1.82) is 0 Å². The van der Waals surface area contributed by atoms with E-state index in [0.29, 0.717) is 0 Å². The van der Waals surface area contributed by atoms with Crippen LogP contribution in [0.1, 0.15) is 36.8 Å². The molecular weight excluding hydrogens is 212 g/mol. The van der Waals surface area contributed by atoms with Gasteiger partial charge in [-0.1, -0.05) is 18.9 Å². The molecule has 3 N–H and O–H groups in total. The van der Waals surface area contributed by atoms with Crippen molar-refractivity contribution in [3.05, 3.63) is 23.3 Å². The van der Waals surface area contributed by atoms with Gasteiger partial charge in [-0.15, -0.1) is 0 Å². The predicted octanol–water partition coefficient (Wildman–Crippen LogP) is 3.01. The second-order valence-corrected chi connectivity index (χ2v) is 4.99. The van der Waals surface area contributed by atoms with Crippen molar-refractivity contribution in [3.8, 4) is 0 Å². The Hall–Kier alpha value is -1.51. The molecule has 0 heterocycles. The molecule has 17 heavy (non-hydrogen) atoms. The molecule has 92 valence electrons. The molecule has 1 aliphatic carbocycles. The van der Waals surface area contributed by atoms with Gasteiger partial charge in [-0.25, -0.2) is 0 Å². The molecule has 0 unspecified atom stereocenters. The first-order valence-corrected chi connectivity index (χ1v) is 6.25. The number of anilines is 2. The van der Waals surface area contributed by atoms with Crippen LogP contribution in [0.5, 0.6) is 0 Å². The molecule has 0 aliphatic heterocycles. The van der Waals surface area contributed by atoms with E-state index in [-0.39, 0.29) is 11.8 Å². The first-order valence-electron chi connectivity index (χ1n) is 6.25. The maximum absolute atomic E-state index is 12.0. The number of carbonyl (C=O) groups is 1. The maximum atomic E-state index is 12.0. The molecule has 1 aromatic carbocycles. The van der Waals surface area contributed by atoms with E-state index in [4.69, 9.17) is 5.73 Å². The summed E-state index contributed by atoms with van der Waals surface area (Å²) in [6.07, 6.45) is 4.39. The molecule has 0 saturated heterocycles. The molecule has 0 aromatic heterocycles. The van der Waals surface area contributed by atoms with Crippen LogP contribution in [0.4, 0.5) is 11.4 Å². The predicted molar refractivity (Wildman–Crippen MR) is 70.9 cm³/mol. The highest BCUT2D eigenvalue weighted by atomic mass is 16.1. The van der Waals surface area contributed by atoms with Gasteiger partial charge in [-0.05, 0) is 43.9 Å². The Morgan fingerprint density at radius 1 is 1.24 bits per heavy atom. The number of carbonyl (C=O) groups excluding carboxylic acids is 1. The average molecular weight is 232 g/mol. The standard InChI is InChI=1S/C14H20N2O/c1-9-7-10(2)13(8-12(9)15)16-14(17)11-5-3-4-6-11/h7-8,11H,3-6,15H2,1-2H3,(H,16,17). The zero-order valence-electron chi connectivity index (χ0n) is 10.5. The van der Waals surface area contributed by atoms with Crippen molar-refractivity contribution in [2.45, 2.75) is 39.5 Å². The summed E-state index contributed by atoms with van der Waals surface area (Å²) < 4.78 is 0. The molecule has 1 aromatic rings. The van der Waals surface area contributed by atoms with E-state index in [1.807, 2.05) is 26.0 Å². The summed E-state index contributed by atoms with van der Waals surface area (Å²) in [6, 6.07) is 3.87. The quantitative estimate of drug-likeness (QED) is 0.770. The first-order chi connectivity index (χ1) is 8.08. The van der Waals surface area contributed by atoms with Gasteiger partial charge in [0.15, 0.2) is 0 Å². The highest BCUT2D eigenvalue weighted by Gasteiger charge is 2.22. The lowest BCUT2D eigenvalue weighted by Gasteiger charge is -2.14. The summed E-state index contributed by atoms with van der Waals surface area (Å²) in [5.74, 6) is 0.339. The fraction of sp³-hybridized carbons (Fsp3) is 0.500. The lowest BCUT2D eigenvalue weighted by molar-refractivity contribution is -0.119. The second kappa shape index (κ2) is 4.78. The van der Waals surface area contributed by atoms with Gasteiger partial charge in [0.25, 0.3) is 0 Å². The molecule has 0 atom stereocenters. The van der Waals surface area contributed by atoms with Gasteiger partial charge >= 0.3 is 0 Å². The van der Waals surface area contributed by atoms with E-state index >= 15 is 0 Å². The van der Waals surface area contributed by atoms with Crippen molar-refractivity contribution in [1.82, 2.24) is 0 Å². The normalized spacial score (nSPS) is 16.1. The zero-order chi connectivity index (χ0) is 12.4. The number of hydrogen-bond donors (Lipinski definition) is 2. The lowest BCUT2D eigenvalue weighted by atomic mass is 10.1. The monoisotopic (exact) mass is 232 g/mol. The molecule has 0 spiro atoms. The van der Waals surface area contributed by atoms with Crippen molar-refractivity contribution in [2.75, 3.05) is 11.1 Å². The van der Waals surface area contributed by atoms with Gasteiger partial charge in [0.2, 0.25) is 5.91 Å². The largest absolute Gasteiger partial charge is 0.398 e. The Labute approximate surface area is 102 Å². The van der Waals surface area contributed by atoms with E-state index < -0.39 is 0 Å². The van der Waals surface area contributed by atoms with E-state index in [0.717, 1.165) is 35.3 Å². The Bertz CT molecular complexity index is 434. The van der Waals surface area contributed by atoms with Crippen LogP contribution in [-0.2, 0) is 4.79 Å². The third kappa shape index (κ3) is 2.60. The Morgan fingerprint density at radius 3 is 2.53 bits per heavy atom. The van der Waals surface area contributed by atoms with Gasteiger partial charge in [0, 0.05) is 17.3 Å². The molecule has 3 nitrogen and oxygen atoms in total. The topological polar surface area (TPSA) is 55.1 Å². The van der Waals surface area contributed by atoms with Gasteiger partial charge in [-0.2, -0.15) is 0 Å². The van der Waals surface area contributed by atoms with Crippen LogP contribution in [0.3, 0.4) is 0 Å². The Morgan fingerprint density at radius 2 is 1.88 bits per heavy atom. The molecule has 3 heteroatoms. The number of amides is 1. The van der Waals surface area contributed by atoms with Crippen LogP contribution >= 0.6 is 0 Å². The summed E-state index contributed by atoms with van der Waals surface area (Å²) in [4.78, 5) is 12.0. The van der Waals surface area contributed by atoms with Crippen LogP contribution in [0.15, 0.2) is 12.1 Å². The minimum absolute atomic E-state index is 0.147. The summed E-state index contributed by atoms with van der Waals surface area (Å²) >= 11 is 0. The fourth-order valence-electron chi connectivity index (χ4n) is 2.43. The summed E-state index contributed by atoms with van der Waals surface area (Å²) in [5.41, 5.74) is 9.58. The molecule has 0 radical (unpaired) electrons. The molecule has 0 bridgehead atoms. The number of nitrogen functional groups attached to an aromatic ring is 1. The highest BCUT2D eigenvalue weighted by Crippen LogP contribution is 2.28. The summed E-state index contributed by atoms with van der Waals surface area (Å²) in [5, 5.41) is 3.00. The van der Waals surface area contributed by atoms with E-state index in [1.165, 1.54) is 12.8 Å². The third-order valence-corrected chi connectivity index (χ3v) is 3.60.